The van der Waals surface area contributed by atoms with E-state index in [0.29, 0.717) is 0 Å². The quantitative estimate of drug-likeness (QED) is 0.608. The zero-order chi connectivity index (χ0) is 23.1. The Morgan fingerprint density at radius 1 is 0.909 bits per heavy atom. The van der Waals surface area contributed by atoms with Gasteiger partial charge in [0.2, 0.25) is 0 Å². The number of nitrogens with zero attached hydrogens (tertiary/aromatic N) is 1. The van der Waals surface area contributed by atoms with Crippen LogP contribution in [0, 0.1) is 17.6 Å². The first kappa shape index (κ1) is 21.1. The van der Waals surface area contributed by atoms with E-state index in [9.17, 15) is 23.5 Å². The van der Waals surface area contributed by atoms with E-state index in [1.165, 1.54) is 4.90 Å². The maximum Gasteiger partial charge on any atom is 0.409 e. The van der Waals surface area contributed by atoms with Gasteiger partial charge in [-0.25, -0.2) is 13.6 Å². The molecule has 2 aliphatic rings. The molecular formula is C26H21F2NO4. The Hall–Kier alpha value is -3.74. The molecule has 1 fully saturated rings. The molecule has 33 heavy (non-hydrogen) atoms. The van der Waals surface area contributed by atoms with E-state index in [1.54, 1.807) is 0 Å². The van der Waals surface area contributed by atoms with Crippen LogP contribution in [0.4, 0.5) is 13.6 Å². The Bertz CT molecular complexity index is 1200. The second-order valence-corrected chi connectivity index (χ2v) is 8.43. The number of carboxylic acid groups (broad SMARTS) is 1. The normalized spacial score (nSPS) is 19.3. The molecule has 0 saturated carbocycles. The van der Waals surface area contributed by atoms with Gasteiger partial charge in [-0.3, -0.25) is 4.79 Å². The van der Waals surface area contributed by atoms with Crippen LogP contribution in [-0.4, -0.2) is 41.8 Å². The molecule has 0 radical (unpaired) electrons. The third kappa shape index (κ3) is 3.73. The molecular weight excluding hydrogens is 428 g/mol. The van der Waals surface area contributed by atoms with Crippen LogP contribution in [0.2, 0.25) is 0 Å². The van der Waals surface area contributed by atoms with Crippen molar-refractivity contribution in [2.45, 2.75) is 11.8 Å². The molecule has 1 heterocycles. The van der Waals surface area contributed by atoms with E-state index in [2.05, 4.69) is 0 Å². The number of carbonyl (C=O) groups excluding carboxylic acids is 1. The smallest absolute Gasteiger partial charge is 0.409 e. The fourth-order valence-electron chi connectivity index (χ4n) is 5.00. The van der Waals surface area contributed by atoms with Crippen LogP contribution in [0.5, 0.6) is 0 Å². The van der Waals surface area contributed by atoms with E-state index >= 15 is 0 Å². The SMILES string of the molecule is O=C(O)[C@@H]1CN(C(=O)OCC2c3ccccc3-c3ccccc32)C[C@H]1c1cc(F)ccc1F. The van der Waals surface area contributed by atoms with Gasteiger partial charge >= 0.3 is 12.1 Å². The van der Waals surface area contributed by atoms with Crippen molar-refractivity contribution in [1.82, 2.24) is 4.90 Å². The monoisotopic (exact) mass is 449 g/mol. The molecule has 3 aromatic rings. The number of aliphatic carboxylic acids is 1. The number of ether oxygens (including phenoxy) is 1. The van der Waals surface area contributed by atoms with Crippen molar-refractivity contribution in [2.75, 3.05) is 19.7 Å². The molecule has 7 heteroatoms. The van der Waals surface area contributed by atoms with Gasteiger partial charge in [-0.1, -0.05) is 48.5 Å². The number of rotatable bonds is 4. The summed E-state index contributed by atoms with van der Waals surface area (Å²) in [5.74, 6) is -4.56. The minimum absolute atomic E-state index is 0.0450. The molecule has 0 spiro atoms. The minimum Gasteiger partial charge on any atom is -0.481 e. The van der Waals surface area contributed by atoms with Crippen LogP contribution >= 0.6 is 0 Å². The molecule has 3 aromatic carbocycles. The average Bonchev–Trinajstić information content (AvgIpc) is 3.40. The van der Waals surface area contributed by atoms with Gasteiger partial charge in [-0.2, -0.15) is 0 Å². The molecule has 5 rings (SSSR count). The second-order valence-electron chi connectivity index (χ2n) is 8.43. The number of hydrogen-bond donors (Lipinski definition) is 1. The third-order valence-corrected chi connectivity index (χ3v) is 6.59. The fraction of sp³-hybridized carbons (Fsp3) is 0.231. The van der Waals surface area contributed by atoms with Gasteiger partial charge in [0.25, 0.3) is 0 Å². The number of carbonyl (C=O) groups is 2. The molecule has 1 aliphatic carbocycles. The molecule has 1 amide bonds. The third-order valence-electron chi connectivity index (χ3n) is 6.59. The van der Waals surface area contributed by atoms with Gasteiger partial charge in [-0.15, -0.1) is 0 Å². The highest BCUT2D eigenvalue weighted by molar-refractivity contribution is 5.79. The van der Waals surface area contributed by atoms with Gasteiger partial charge in [0.15, 0.2) is 0 Å². The zero-order valence-corrected chi connectivity index (χ0v) is 17.6. The highest BCUT2D eigenvalue weighted by atomic mass is 19.1. The molecule has 5 nitrogen and oxygen atoms in total. The highest BCUT2D eigenvalue weighted by Gasteiger charge is 2.42. The van der Waals surface area contributed by atoms with Gasteiger partial charge < -0.3 is 14.7 Å². The summed E-state index contributed by atoms with van der Waals surface area (Å²) in [5, 5.41) is 9.63. The van der Waals surface area contributed by atoms with Crippen LogP contribution in [-0.2, 0) is 9.53 Å². The lowest BCUT2D eigenvalue weighted by Crippen LogP contribution is -2.31. The predicted molar refractivity (Wildman–Crippen MR) is 117 cm³/mol. The molecule has 1 N–H and O–H groups in total. The summed E-state index contributed by atoms with van der Waals surface area (Å²) in [6.45, 7) is -0.0965. The van der Waals surface area contributed by atoms with Gasteiger partial charge in [0, 0.05) is 24.9 Å². The van der Waals surface area contributed by atoms with Crippen molar-refractivity contribution >= 4 is 12.1 Å². The van der Waals surface area contributed by atoms with Crippen molar-refractivity contribution in [1.29, 1.82) is 0 Å². The van der Waals surface area contributed by atoms with E-state index < -0.39 is 35.5 Å². The summed E-state index contributed by atoms with van der Waals surface area (Å²) in [5.41, 5.74) is 4.29. The summed E-state index contributed by atoms with van der Waals surface area (Å²) in [6, 6.07) is 18.8. The average molecular weight is 449 g/mol. The largest absolute Gasteiger partial charge is 0.481 e. The van der Waals surface area contributed by atoms with Gasteiger partial charge in [-0.05, 0) is 46.0 Å². The van der Waals surface area contributed by atoms with Crippen molar-refractivity contribution < 1.29 is 28.2 Å². The minimum atomic E-state index is -1.17. The molecule has 168 valence electrons. The van der Waals surface area contributed by atoms with Crippen molar-refractivity contribution in [3.63, 3.8) is 0 Å². The van der Waals surface area contributed by atoms with Crippen LogP contribution in [0.3, 0.4) is 0 Å². The van der Waals surface area contributed by atoms with E-state index in [1.807, 2.05) is 48.5 Å². The molecule has 0 bridgehead atoms. The maximum atomic E-state index is 14.3. The van der Waals surface area contributed by atoms with Crippen LogP contribution < -0.4 is 0 Å². The number of benzene rings is 3. The number of halogens is 2. The molecule has 0 aromatic heterocycles. The molecule has 2 atom stereocenters. The molecule has 0 unspecified atom stereocenters. The Balaban J connectivity index is 1.34. The Morgan fingerprint density at radius 2 is 1.55 bits per heavy atom. The lowest BCUT2D eigenvalue weighted by molar-refractivity contribution is -0.141. The lowest BCUT2D eigenvalue weighted by Gasteiger charge is -2.19. The van der Waals surface area contributed by atoms with Crippen molar-refractivity contribution in [2.24, 2.45) is 5.92 Å². The molecule has 1 aliphatic heterocycles. The highest BCUT2D eigenvalue weighted by Crippen LogP contribution is 2.44. The Morgan fingerprint density at radius 3 is 2.18 bits per heavy atom. The number of likely N-dealkylation sites (tertiary alicyclic amines) is 1. The van der Waals surface area contributed by atoms with E-state index in [0.717, 1.165) is 40.5 Å². The summed E-state index contributed by atoms with van der Waals surface area (Å²) in [4.78, 5) is 25.9. The first-order valence-corrected chi connectivity index (χ1v) is 10.7. The number of amides is 1. The van der Waals surface area contributed by atoms with Gasteiger partial charge in [0.1, 0.15) is 18.2 Å². The maximum absolute atomic E-state index is 14.3. The van der Waals surface area contributed by atoms with Crippen LogP contribution in [0.1, 0.15) is 28.5 Å². The van der Waals surface area contributed by atoms with Crippen molar-refractivity contribution in [3.05, 3.63) is 95.1 Å². The summed E-state index contributed by atoms with van der Waals surface area (Å²) in [7, 11) is 0. The van der Waals surface area contributed by atoms with E-state index in [-0.39, 0.29) is 31.2 Å². The number of hydrogen-bond acceptors (Lipinski definition) is 3. The second kappa shape index (κ2) is 8.31. The van der Waals surface area contributed by atoms with Gasteiger partial charge in [0.05, 0.1) is 5.92 Å². The topological polar surface area (TPSA) is 66.8 Å². The summed E-state index contributed by atoms with van der Waals surface area (Å²) in [6.07, 6.45) is -0.664. The molecule has 1 saturated heterocycles. The predicted octanol–water partition coefficient (Wildman–Crippen LogP) is 5.01. The number of carboxylic acids is 1. The lowest BCUT2D eigenvalue weighted by atomic mass is 9.88. The first-order valence-electron chi connectivity index (χ1n) is 10.7. The summed E-state index contributed by atoms with van der Waals surface area (Å²) >= 11 is 0. The standard InChI is InChI=1S/C26H21F2NO4/c27-15-9-10-24(28)20(11-15)21-12-29(13-22(21)25(30)31)26(32)33-14-23-18-7-3-1-5-16(18)17-6-2-4-8-19(17)23/h1-11,21-23H,12-14H2,(H,30,31)/t21-,22+/m0/s1. The first-order chi connectivity index (χ1) is 15.9. The Kier molecular flexibility index (Phi) is 5.32. The van der Waals surface area contributed by atoms with E-state index in [4.69, 9.17) is 4.74 Å². The van der Waals surface area contributed by atoms with Crippen molar-refractivity contribution in [3.8, 4) is 11.1 Å². The number of fused-ring (bicyclic) bond motifs is 3. The van der Waals surface area contributed by atoms with Crippen LogP contribution in [0.15, 0.2) is 66.7 Å². The Labute approximate surface area is 189 Å². The zero-order valence-electron chi connectivity index (χ0n) is 17.6. The fourth-order valence-corrected chi connectivity index (χ4v) is 5.00. The van der Waals surface area contributed by atoms with Crippen LogP contribution in [0.25, 0.3) is 11.1 Å². The summed E-state index contributed by atoms with van der Waals surface area (Å²) < 4.78 is 33.6.